The van der Waals surface area contributed by atoms with Crippen LogP contribution in [0, 0.1) is 5.82 Å². The quantitative estimate of drug-likeness (QED) is 0.480. The number of ether oxygens (including phenoxy) is 1. The summed E-state index contributed by atoms with van der Waals surface area (Å²) in [6.45, 7) is 0.220. The highest BCUT2D eigenvalue weighted by Crippen LogP contribution is 2.21. The molecule has 3 amide bonds. The topological polar surface area (TPSA) is 83.6 Å². The Balaban J connectivity index is 1.42. The number of halogens is 3. The number of pyridine rings is 1. The van der Waals surface area contributed by atoms with E-state index >= 15 is 0 Å². The predicted molar refractivity (Wildman–Crippen MR) is 121 cm³/mol. The van der Waals surface area contributed by atoms with E-state index in [9.17, 15) is 14.0 Å². The fourth-order valence-corrected chi connectivity index (χ4v) is 3.26. The Labute approximate surface area is 191 Å². The maximum absolute atomic E-state index is 13.4. The molecule has 0 aliphatic carbocycles. The van der Waals surface area contributed by atoms with E-state index in [2.05, 4.69) is 31.5 Å². The summed E-state index contributed by atoms with van der Waals surface area (Å²) in [5, 5.41) is 7.01. The van der Waals surface area contributed by atoms with Gasteiger partial charge in [-0.3, -0.25) is 5.32 Å². The molecule has 0 saturated heterocycles. The molecule has 0 atom stereocenters. The van der Waals surface area contributed by atoms with E-state index < -0.39 is 17.9 Å². The minimum atomic E-state index is -0.677. The summed E-state index contributed by atoms with van der Waals surface area (Å²) >= 11 is 9.27. The molecule has 0 saturated carbocycles. The van der Waals surface area contributed by atoms with E-state index in [1.165, 1.54) is 17.0 Å². The molecule has 10 heteroatoms. The van der Waals surface area contributed by atoms with Crippen LogP contribution in [0.3, 0.4) is 0 Å². The van der Waals surface area contributed by atoms with Gasteiger partial charge in [0.05, 0.1) is 11.6 Å². The van der Waals surface area contributed by atoms with Gasteiger partial charge in [0, 0.05) is 29.6 Å². The summed E-state index contributed by atoms with van der Waals surface area (Å²) in [6.07, 6.45) is 0.975. The number of benzene rings is 2. The van der Waals surface area contributed by atoms with Crippen LogP contribution < -0.4 is 10.6 Å². The first-order valence-corrected chi connectivity index (χ1v) is 10.4. The van der Waals surface area contributed by atoms with Gasteiger partial charge in [0.1, 0.15) is 18.2 Å². The smallest absolute Gasteiger partial charge is 0.412 e. The lowest BCUT2D eigenvalue weighted by Gasteiger charge is -2.18. The van der Waals surface area contributed by atoms with Crippen molar-refractivity contribution in [1.29, 1.82) is 0 Å². The van der Waals surface area contributed by atoms with Crippen LogP contribution in [0.2, 0.25) is 5.02 Å². The predicted octanol–water partition coefficient (Wildman–Crippen LogP) is 5.18. The summed E-state index contributed by atoms with van der Waals surface area (Å²) in [6, 6.07) is 11.4. The molecule has 0 fully saturated rings. The Morgan fingerprint density at radius 1 is 1.23 bits per heavy atom. The monoisotopic (exact) mass is 508 g/mol. The van der Waals surface area contributed by atoms with Crippen molar-refractivity contribution in [3.8, 4) is 0 Å². The molecule has 0 aliphatic rings. The highest BCUT2D eigenvalue weighted by Gasteiger charge is 2.12. The first kappa shape index (κ1) is 22.8. The number of rotatable bonds is 6. The molecule has 162 valence electrons. The maximum Gasteiger partial charge on any atom is 0.412 e. The Kier molecular flexibility index (Phi) is 7.64. The molecule has 2 N–H and O–H groups in total. The van der Waals surface area contributed by atoms with Crippen LogP contribution in [-0.4, -0.2) is 42.2 Å². The number of aromatic nitrogens is 1. The molecule has 2 aromatic carbocycles. The van der Waals surface area contributed by atoms with Crippen molar-refractivity contribution in [2.24, 2.45) is 0 Å². The average Bonchev–Trinajstić information content (AvgIpc) is 2.74. The molecular weight excluding hydrogens is 491 g/mol. The molecule has 31 heavy (non-hydrogen) atoms. The van der Waals surface area contributed by atoms with Crippen LogP contribution in [0.15, 0.2) is 53.1 Å². The Bertz CT molecular complexity index is 1120. The van der Waals surface area contributed by atoms with Gasteiger partial charge >= 0.3 is 12.1 Å². The minimum absolute atomic E-state index is 0.0169. The summed E-state index contributed by atoms with van der Waals surface area (Å²) in [4.78, 5) is 29.6. The molecule has 0 aliphatic heterocycles. The second-order valence-electron chi connectivity index (χ2n) is 6.62. The molecule has 0 unspecified atom stereocenters. The van der Waals surface area contributed by atoms with Crippen LogP contribution in [0.1, 0.15) is 5.56 Å². The molecule has 7 nitrogen and oxygen atoms in total. The van der Waals surface area contributed by atoms with Gasteiger partial charge in [-0.2, -0.15) is 0 Å². The number of amides is 3. The minimum Gasteiger partial charge on any atom is -0.447 e. The van der Waals surface area contributed by atoms with Crippen molar-refractivity contribution in [2.75, 3.05) is 25.5 Å². The zero-order chi connectivity index (χ0) is 22.4. The first-order chi connectivity index (χ1) is 14.8. The molecule has 1 heterocycles. The zero-order valence-electron chi connectivity index (χ0n) is 16.5. The van der Waals surface area contributed by atoms with E-state index in [0.29, 0.717) is 11.4 Å². The van der Waals surface area contributed by atoms with Crippen molar-refractivity contribution < 1.29 is 18.7 Å². The number of carbonyl (C=O) groups excluding carboxylic acids is 2. The van der Waals surface area contributed by atoms with E-state index in [0.717, 1.165) is 15.2 Å². The lowest BCUT2D eigenvalue weighted by Crippen LogP contribution is -2.39. The highest BCUT2D eigenvalue weighted by atomic mass is 79.9. The van der Waals surface area contributed by atoms with Crippen molar-refractivity contribution in [1.82, 2.24) is 15.2 Å². The number of nitrogens with zero attached hydrogens (tertiary/aromatic N) is 2. The van der Waals surface area contributed by atoms with Crippen molar-refractivity contribution in [2.45, 2.75) is 6.54 Å². The average molecular weight is 510 g/mol. The molecule has 1 aromatic heterocycles. The Hall–Kier alpha value is -2.91. The molecular formula is C21H19BrClFN4O3. The second-order valence-corrected chi connectivity index (χ2v) is 7.91. The number of likely N-dealkylation sites (N-methyl/N-ethyl adjacent to an activating group) is 1. The van der Waals surface area contributed by atoms with Crippen molar-refractivity contribution in [3.63, 3.8) is 0 Å². The number of hydrogen-bond acceptors (Lipinski definition) is 4. The normalized spacial score (nSPS) is 10.6. The lowest BCUT2D eigenvalue weighted by atomic mass is 10.2. The Morgan fingerprint density at radius 2 is 2.03 bits per heavy atom. The fourth-order valence-electron chi connectivity index (χ4n) is 2.69. The van der Waals surface area contributed by atoms with Gasteiger partial charge in [0.2, 0.25) is 0 Å². The van der Waals surface area contributed by atoms with Gasteiger partial charge in [-0.25, -0.2) is 19.0 Å². The van der Waals surface area contributed by atoms with E-state index in [1.54, 1.807) is 25.4 Å². The zero-order valence-corrected chi connectivity index (χ0v) is 18.8. The maximum atomic E-state index is 13.4. The summed E-state index contributed by atoms with van der Waals surface area (Å²) < 4.78 is 19.5. The number of anilines is 1. The fraction of sp³-hybridized carbons (Fsp3) is 0.190. The van der Waals surface area contributed by atoms with Crippen LogP contribution in [-0.2, 0) is 11.3 Å². The molecule has 0 spiro atoms. The van der Waals surface area contributed by atoms with Gasteiger partial charge in [0.25, 0.3) is 0 Å². The number of urea groups is 1. The second kappa shape index (κ2) is 10.4. The standard InChI is InChI=1S/C21H19BrClFN4O3/c1-28(20(29)26-11-14-3-2-4-17(24)19(14)23)7-8-31-21(30)27-18-10-13-5-6-16(22)9-15(13)12-25-18/h2-6,9-10,12H,7-8,11H2,1H3,(H,26,29)(H,25,27,30). The molecule has 0 radical (unpaired) electrons. The van der Waals surface area contributed by atoms with Crippen LogP contribution in [0.25, 0.3) is 10.8 Å². The molecule has 3 aromatic rings. The largest absolute Gasteiger partial charge is 0.447 e. The van der Waals surface area contributed by atoms with Crippen LogP contribution in [0.5, 0.6) is 0 Å². The molecule has 0 bridgehead atoms. The number of carbonyl (C=O) groups is 2. The van der Waals surface area contributed by atoms with Crippen LogP contribution in [0.4, 0.5) is 19.8 Å². The first-order valence-electron chi connectivity index (χ1n) is 9.24. The summed E-state index contributed by atoms with van der Waals surface area (Å²) in [5.74, 6) is -0.187. The van der Waals surface area contributed by atoms with Gasteiger partial charge in [0.15, 0.2) is 0 Å². The summed E-state index contributed by atoms with van der Waals surface area (Å²) in [7, 11) is 1.55. The summed E-state index contributed by atoms with van der Waals surface area (Å²) in [5.41, 5.74) is 0.467. The lowest BCUT2D eigenvalue weighted by molar-refractivity contribution is 0.146. The van der Waals surface area contributed by atoms with E-state index in [1.807, 2.05) is 18.2 Å². The van der Waals surface area contributed by atoms with Crippen molar-refractivity contribution in [3.05, 3.63) is 69.5 Å². The number of fused-ring (bicyclic) bond motifs is 1. The highest BCUT2D eigenvalue weighted by molar-refractivity contribution is 9.10. The van der Waals surface area contributed by atoms with Gasteiger partial charge in [-0.15, -0.1) is 0 Å². The van der Waals surface area contributed by atoms with Gasteiger partial charge in [-0.05, 0) is 35.2 Å². The van der Waals surface area contributed by atoms with E-state index in [4.69, 9.17) is 16.3 Å². The van der Waals surface area contributed by atoms with E-state index in [-0.39, 0.29) is 24.7 Å². The number of hydrogen-bond donors (Lipinski definition) is 2. The third-order valence-corrected chi connectivity index (χ3v) is 5.30. The third kappa shape index (κ3) is 6.28. The number of nitrogens with one attached hydrogen (secondary N) is 2. The van der Waals surface area contributed by atoms with Gasteiger partial charge in [-0.1, -0.05) is 45.7 Å². The van der Waals surface area contributed by atoms with Crippen molar-refractivity contribution >= 4 is 56.2 Å². The molecule has 3 rings (SSSR count). The van der Waals surface area contributed by atoms with Gasteiger partial charge < -0.3 is 15.0 Å². The van der Waals surface area contributed by atoms with Crippen LogP contribution >= 0.6 is 27.5 Å². The SMILES string of the molecule is CN(CCOC(=O)Nc1cc2ccc(Br)cc2cn1)C(=O)NCc1cccc(F)c1Cl. The third-order valence-electron chi connectivity index (χ3n) is 4.38. The Morgan fingerprint density at radius 3 is 2.84 bits per heavy atom.